The molecule has 1 aliphatic rings. The van der Waals surface area contributed by atoms with Crippen LogP contribution in [0.2, 0.25) is 0 Å². The Morgan fingerprint density at radius 1 is 1.16 bits per heavy atom. The van der Waals surface area contributed by atoms with Crippen molar-refractivity contribution in [3.05, 3.63) is 57.0 Å². The second kappa shape index (κ2) is 9.15. The maximum Gasteiger partial charge on any atom is 0.309 e. The third-order valence-corrected chi connectivity index (χ3v) is 7.15. The number of likely N-dealkylation sites (tertiary alicyclic amines) is 1. The van der Waals surface area contributed by atoms with Crippen LogP contribution >= 0.6 is 22.7 Å². The number of carbonyl (C=O) groups excluding carboxylic acids is 3. The van der Waals surface area contributed by atoms with Gasteiger partial charge in [-0.1, -0.05) is 6.07 Å². The highest BCUT2D eigenvalue weighted by atomic mass is 32.1. The molecule has 0 N–H and O–H groups in total. The Morgan fingerprint density at radius 3 is 2.58 bits per heavy atom. The Bertz CT molecular complexity index is 1080. The van der Waals surface area contributed by atoms with E-state index in [0.29, 0.717) is 36.4 Å². The molecule has 1 aliphatic heterocycles. The maximum atomic E-state index is 12.7. The first kappa shape index (κ1) is 21.5. The quantitative estimate of drug-likeness (QED) is 0.414. The van der Waals surface area contributed by atoms with E-state index in [1.807, 2.05) is 47.4 Å². The van der Waals surface area contributed by atoms with Crippen LogP contribution in [-0.2, 0) is 9.53 Å². The summed E-state index contributed by atoms with van der Waals surface area (Å²) in [5.41, 5.74) is 2.23. The monoisotopic (exact) mass is 457 g/mol. The molecule has 0 atom stereocenters. The average molecular weight is 458 g/mol. The Balaban J connectivity index is 1.31. The Labute approximate surface area is 188 Å². The zero-order valence-corrected chi connectivity index (χ0v) is 19.0. The van der Waals surface area contributed by atoms with Crippen molar-refractivity contribution >= 4 is 40.3 Å². The number of amides is 1. The van der Waals surface area contributed by atoms with Gasteiger partial charge >= 0.3 is 5.97 Å². The first-order valence-corrected chi connectivity index (χ1v) is 11.8. The third kappa shape index (κ3) is 4.47. The summed E-state index contributed by atoms with van der Waals surface area (Å²) in [5.74, 6) is -0.879. The fourth-order valence-corrected chi connectivity index (χ4v) is 5.31. The summed E-state index contributed by atoms with van der Waals surface area (Å²) in [6.45, 7) is 4.53. The summed E-state index contributed by atoms with van der Waals surface area (Å²) in [6, 6.07) is 5.47. The summed E-state index contributed by atoms with van der Waals surface area (Å²) >= 11 is 2.91. The number of hydrogen-bond donors (Lipinski definition) is 0. The van der Waals surface area contributed by atoms with Gasteiger partial charge in [0.15, 0.2) is 11.7 Å². The van der Waals surface area contributed by atoms with Gasteiger partial charge < -0.3 is 9.64 Å². The molecule has 0 aliphatic carbocycles. The minimum atomic E-state index is -0.370. The molecule has 31 heavy (non-hydrogen) atoms. The third-order valence-electron chi connectivity index (χ3n) is 5.54. The van der Waals surface area contributed by atoms with Gasteiger partial charge in [-0.3, -0.25) is 19.0 Å². The van der Waals surface area contributed by atoms with Crippen molar-refractivity contribution in [1.29, 1.82) is 0 Å². The minimum absolute atomic E-state index is 0.00702. The number of aryl methyl sites for hydroxylation is 1. The number of piperidine rings is 1. The number of rotatable bonds is 6. The summed E-state index contributed by atoms with van der Waals surface area (Å²) in [7, 11) is 0. The molecule has 1 fully saturated rings. The molecule has 0 aromatic carbocycles. The van der Waals surface area contributed by atoms with Gasteiger partial charge in [0, 0.05) is 41.6 Å². The van der Waals surface area contributed by atoms with Gasteiger partial charge in [0.2, 0.25) is 5.78 Å². The van der Waals surface area contributed by atoms with Crippen molar-refractivity contribution in [3.63, 3.8) is 0 Å². The van der Waals surface area contributed by atoms with Crippen LogP contribution in [-0.4, -0.2) is 51.8 Å². The molecule has 162 valence electrons. The van der Waals surface area contributed by atoms with E-state index in [2.05, 4.69) is 4.98 Å². The first-order valence-electron chi connectivity index (χ1n) is 10.1. The number of hydrogen-bond acceptors (Lipinski definition) is 7. The number of thiazole rings is 1. The molecule has 0 spiro atoms. The molecule has 4 rings (SSSR count). The van der Waals surface area contributed by atoms with Crippen molar-refractivity contribution in [3.8, 4) is 5.13 Å². The Hall–Kier alpha value is -2.78. The van der Waals surface area contributed by atoms with Crippen LogP contribution in [0.15, 0.2) is 35.2 Å². The van der Waals surface area contributed by atoms with Crippen LogP contribution < -0.4 is 0 Å². The van der Waals surface area contributed by atoms with Gasteiger partial charge in [0.25, 0.3) is 5.91 Å². The normalized spacial score (nSPS) is 14.6. The zero-order valence-electron chi connectivity index (χ0n) is 17.4. The fraction of sp³-hybridized carbons (Fsp3) is 0.364. The number of ketones is 1. The number of esters is 1. The lowest BCUT2D eigenvalue weighted by molar-refractivity contribution is -0.148. The lowest BCUT2D eigenvalue weighted by atomic mass is 9.97. The fourth-order valence-electron chi connectivity index (χ4n) is 3.87. The molecule has 0 saturated carbocycles. The number of carbonyl (C=O) groups is 3. The number of thiophene rings is 1. The topological polar surface area (TPSA) is 81.5 Å². The van der Waals surface area contributed by atoms with Crippen LogP contribution in [0.3, 0.4) is 0 Å². The summed E-state index contributed by atoms with van der Waals surface area (Å²) in [5, 5.41) is 4.56. The average Bonchev–Trinajstić information content (AvgIpc) is 3.53. The van der Waals surface area contributed by atoms with Crippen LogP contribution in [0.25, 0.3) is 5.13 Å². The molecule has 0 bridgehead atoms. The summed E-state index contributed by atoms with van der Waals surface area (Å²) in [4.78, 5) is 44.4. The minimum Gasteiger partial charge on any atom is -0.457 e. The SMILES string of the molecule is Cc1cc(C(=O)COC(=O)C2CCN(C(=O)c3cccs3)CC2)c(C)n1-c1nccs1. The smallest absolute Gasteiger partial charge is 0.309 e. The van der Waals surface area contributed by atoms with Crippen molar-refractivity contribution in [1.82, 2.24) is 14.5 Å². The second-order valence-electron chi connectivity index (χ2n) is 7.51. The van der Waals surface area contributed by atoms with Gasteiger partial charge in [0.1, 0.15) is 0 Å². The van der Waals surface area contributed by atoms with Crippen molar-refractivity contribution in [2.24, 2.45) is 5.92 Å². The zero-order chi connectivity index (χ0) is 22.0. The first-order chi connectivity index (χ1) is 15.0. The van der Waals surface area contributed by atoms with Gasteiger partial charge in [-0.15, -0.1) is 22.7 Å². The second-order valence-corrected chi connectivity index (χ2v) is 9.33. The van der Waals surface area contributed by atoms with Crippen LogP contribution in [0.1, 0.15) is 44.3 Å². The van der Waals surface area contributed by atoms with Gasteiger partial charge in [-0.05, 0) is 44.2 Å². The van der Waals surface area contributed by atoms with E-state index < -0.39 is 0 Å². The highest BCUT2D eigenvalue weighted by molar-refractivity contribution is 7.12. The summed E-state index contributed by atoms with van der Waals surface area (Å²) in [6.07, 6.45) is 2.81. The van der Waals surface area contributed by atoms with E-state index in [-0.39, 0.29) is 30.2 Å². The number of nitrogens with zero attached hydrogens (tertiary/aromatic N) is 3. The van der Waals surface area contributed by atoms with Crippen molar-refractivity contribution < 1.29 is 19.1 Å². The molecule has 7 nitrogen and oxygen atoms in total. The van der Waals surface area contributed by atoms with E-state index in [4.69, 9.17) is 4.74 Å². The Kier molecular flexibility index (Phi) is 6.33. The van der Waals surface area contributed by atoms with E-state index in [1.54, 1.807) is 11.1 Å². The predicted octanol–water partition coefficient (Wildman–Crippen LogP) is 3.89. The van der Waals surface area contributed by atoms with Gasteiger partial charge in [-0.2, -0.15) is 0 Å². The van der Waals surface area contributed by atoms with Crippen LogP contribution in [0, 0.1) is 19.8 Å². The molecular weight excluding hydrogens is 434 g/mol. The Morgan fingerprint density at radius 2 is 1.94 bits per heavy atom. The lowest BCUT2D eigenvalue weighted by Gasteiger charge is -2.30. The molecule has 1 amide bonds. The highest BCUT2D eigenvalue weighted by Gasteiger charge is 2.30. The van der Waals surface area contributed by atoms with E-state index in [9.17, 15) is 14.4 Å². The molecule has 3 aromatic rings. The molecule has 1 saturated heterocycles. The van der Waals surface area contributed by atoms with E-state index in [0.717, 1.165) is 16.5 Å². The van der Waals surface area contributed by atoms with Crippen LogP contribution in [0.4, 0.5) is 0 Å². The maximum absolute atomic E-state index is 12.7. The van der Waals surface area contributed by atoms with Crippen molar-refractivity contribution in [2.75, 3.05) is 19.7 Å². The largest absolute Gasteiger partial charge is 0.457 e. The molecule has 4 heterocycles. The van der Waals surface area contributed by atoms with Crippen molar-refractivity contribution in [2.45, 2.75) is 26.7 Å². The number of aromatic nitrogens is 2. The molecule has 0 unspecified atom stereocenters. The van der Waals surface area contributed by atoms with Gasteiger partial charge in [-0.25, -0.2) is 4.98 Å². The summed E-state index contributed by atoms with van der Waals surface area (Å²) < 4.78 is 7.28. The number of Topliss-reactive ketones (excluding diaryl/α,β-unsaturated/α-hetero) is 1. The lowest BCUT2D eigenvalue weighted by Crippen LogP contribution is -2.40. The standard InChI is InChI=1S/C22H23N3O4S2/c1-14-12-17(15(2)25(14)22-23-7-11-31-22)18(26)13-29-21(28)16-5-8-24(9-6-16)20(27)19-4-3-10-30-19/h3-4,7,10-12,16H,5-6,8-9,13H2,1-2H3. The highest BCUT2D eigenvalue weighted by Crippen LogP contribution is 2.24. The van der Waals surface area contributed by atoms with E-state index >= 15 is 0 Å². The molecule has 9 heteroatoms. The molecular formula is C22H23N3O4S2. The van der Waals surface area contributed by atoms with E-state index in [1.165, 1.54) is 22.7 Å². The predicted molar refractivity (Wildman–Crippen MR) is 119 cm³/mol. The number of ether oxygens (including phenoxy) is 1. The van der Waals surface area contributed by atoms with Gasteiger partial charge in [0.05, 0.1) is 10.8 Å². The van der Waals surface area contributed by atoms with Crippen LogP contribution in [0.5, 0.6) is 0 Å². The molecule has 3 aromatic heterocycles. The molecule has 0 radical (unpaired) electrons.